The first kappa shape index (κ1) is 15.5. The van der Waals surface area contributed by atoms with Crippen molar-refractivity contribution in [3.63, 3.8) is 0 Å². The molecule has 134 valence electrons. The molecule has 0 atom stereocenters. The Balaban J connectivity index is 1.69. The van der Waals surface area contributed by atoms with Gasteiger partial charge in [0.15, 0.2) is 11.6 Å². The number of aromatic nitrogens is 7. The van der Waals surface area contributed by atoms with Gasteiger partial charge in [-0.3, -0.25) is 14.2 Å². The summed E-state index contributed by atoms with van der Waals surface area (Å²) in [7, 11) is 1.85. The topological polar surface area (TPSA) is 95.5 Å². The Kier molecular flexibility index (Phi) is 3.39. The van der Waals surface area contributed by atoms with E-state index in [1.807, 2.05) is 43.6 Å². The lowest BCUT2D eigenvalue weighted by molar-refractivity contribution is 0.0924. The molecule has 3 aromatic heterocycles. The maximum absolute atomic E-state index is 12.1. The maximum Gasteiger partial charge on any atom is 0.269 e. The average Bonchev–Trinajstić information content (AvgIpc) is 3.39. The molecule has 9 nitrogen and oxygen atoms in total. The maximum atomic E-state index is 12.1. The van der Waals surface area contributed by atoms with Crippen LogP contribution in [0.15, 0.2) is 48.8 Å². The van der Waals surface area contributed by atoms with Crippen molar-refractivity contribution in [2.45, 2.75) is 6.54 Å². The molecular formula is C18H16N8O. The Labute approximate surface area is 154 Å². The second kappa shape index (κ2) is 5.90. The fourth-order valence-corrected chi connectivity index (χ4v) is 3.13. The van der Waals surface area contributed by atoms with Crippen molar-refractivity contribution in [2.24, 2.45) is 7.05 Å². The quantitative estimate of drug-likeness (QED) is 0.594. The number of nitrogens with zero attached hydrogens (tertiary/aromatic N) is 7. The summed E-state index contributed by atoms with van der Waals surface area (Å²) >= 11 is 0. The lowest BCUT2D eigenvalue weighted by atomic mass is 10.2. The van der Waals surface area contributed by atoms with E-state index in [9.17, 15) is 4.79 Å². The number of benzene rings is 1. The third-order valence-electron chi connectivity index (χ3n) is 4.43. The Morgan fingerprint density at radius 2 is 2.00 bits per heavy atom. The highest BCUT2D eigenvalue weighted by molar-refractivity contribution is 5.94. The number of amides is 1. The first-order valence-electron chi connectivity index (χ1n) is 8.57. The van der Waals surface area contributed by atoms with Gasteiger partial charge >= 0.3 is 0 Å². The van der Waals surface area contributed by atoms with Crippen molar-refractivity contribution < 1.29 is 4.79 Å². The molecule has 5 rings (SSSR count). The standard InChI is InChI=1S/C18H16N8O/c1-24-11-13(10-20-24)26-17(21-16(23-26)12-5-3-2-4-6-12)14-9-15-18(27)19-7-8-25(15)22-14/h2-6,9-11H,7-8H2,1H3,(H,19,27). The van der Waals surface area contributed by atoms with Crippen LogP contribution >= 0.6 is 0 Å². The van der Waals surface area contributed by atoms with Gasteiger partial charge in [-0.05, 0) is 0 Å². The van der Waals surface area contributed by atoms with Crippen molar-refractivity contribution >= 4 is 5.91 Å². The lowest BCUT2D eigenvalue weighted by Crippen LogP contribution is -2.35. The number of aryl methyl sites for hydroxylation is 1. The molecule has 0 bridgehead atoms. The van der Waals surface area contributed by atoms with E-state index < -0.39 is 0 Å². The monoisotopic (exact) mass is 360 g/mol. The van der Waals surface area contributed by atoms with Crippen molar-refractivity contribution in [1.82, 2.24) is 39.6 Å². The summed E-state index contributed by atoms with van der Waals surface area (Å²) in [6, 6.07) is 11.5. The average molecular weight is 360 g/mol. The predicted molar refractivity (Wildman–Crippen MR) is 97.1 cm³/mol. The smallest absolute Gasteiger partial charge is 0.269 e. The number of nitrogens with one attached hydrogen (secondary N) is 1. The molecule has 0 unspecified atom stereocenters. The molecule has 1 aliphatic rings. The van der Waals surface area contributed by atoms with Crippen LogP contribution in [0.1, 0.15) is 10.5 Å². The Hall–Kier alpha value is -3.75. The highest BCUT2D eigenvalue weighted by Crippen LogP contribution is 2.25. The van der Waals surface area contributed by atoms with E-state index in [1.54, 1.807) is 26.3 Å². The van der Waals surface area contributed by atoms with Crippen LogP contribution in [0.5, 0.6) is 0 Å². The number of carbonyl (C=O) groups excluding carboxylic acids is 1. The minimum absolute atomic E-state index is 0.129. The fourth-order valence-electron chi connectivity index (χ4n) is 3.13. The second-order valence-corrected chi connectivity index (χ2v) is 6.30. The molecule has 4 aromatic rings. The summed E-state index contributed by atoms with van der Waals surface area (Å²) in [5, 5.41) is 16.3. The predicted octanol–water partition coefficient (Wildman–Crippen LogP) is 1.27. The van der Waals surface area contributed by atoms with Gasteiger partial charge < -0.3 is 5.32 Å². The van der Waals surface area contributed by atoms with Gasteiger partial charge in [-0.15, -0.1) is 5.10 Å². The van der Waals surface area contributed by atoms with Gasteiger partial charge in [0.25, 0.3) is 5.91 Å². The largest absolute Gasteiger partial charge is 0.349 e. The number of hydrogen-bond acceptors (Lipinski definition) is 5. The number of rotatable bonds is 3. The molecule has 0 fully saturated rings. The lowest BCUT2D eigenvalue weighted by Gasteiger charge is -2.13. The molecule has 0 spiro atoms. The van der Waals surface area contributed by atoms with Gasteiger partial charge in [0, 0.05) is 25.2 Å². The van der Waals surface area contributed by atoms with E-state index in [1.165, 1.54) is 0 Å². The third kappa shape index (κ3) is 2.60. The zero-order chi connectivity index (χ0) is 18.4. The molecule has 1 aromatic carbocycles. The minimum atomic E-state index is -0.129. The summed E-state index contributed by atoms with van der Waals surface area (Å²) < 4.78 is 5.12. The Morgan fingerprint density at radius 3 is 2.74 bits per heavy atom. The van der Waals surface area contributed by atoms with E-state index in [-0.39, 0.29) is 5.91 Å². The molecule has 27 heavy (non-hydrogen) atoms. The van der Waals surface area contributed by atoms with E-state index >= 15 is 0 Å². The fraction of sp³-hybridized carbons (Fsp3) is 0.167. The number of carbonyl (C=O) groups is 1. The van der Waals surface area contributed by atoms with Crippen LogP contribution in [0, 0.1) is 0 Å². The SMILES string of the molecule is Cn1cc(-n2nc(-c3ccccc3)nc2-c2cc3n(n2)CCNC3=O)cn1. The molecule has 9 heteroatoms. The Morgan fingerprint density at radius 1 is 1.15 bits per heavy atom. The molecule has 1 amide bonds. The Bertz CT molecular complexity index is 1140. The van der Waals surface area contributed by atoms with Crippen LogP contribution in [0.25, 0.3) is 28.6 Å². The van der Waals surface area contributed by atoms with Gasteiger partial charge in [0.2, 0.25) is 0 Å². The number of hydrogen-bond donors (Lipinski definition) is 1. The summed E-state index contributed by atoms with van der Waals surface area (Å²) in [5.74, 6) is 1.03. The summed E-state index contributed by atoms with van der Waals surface area (Å²) in [6.45, 7) is 1.20. The minimum Gasteiger partial charge on any atom is -0.349 e. The van der Waals surface area contributed by atoms with Crippen LogP contribution in [0.3, 0.4) is 0 Å². The van der Waals surface area contributed by atoms with Crippen LogP contribution in [-0.2, 0) is 13.6 Å². The summed E-state index contributed by atoms with van der Waals surface area (Å²) in [6.07, 6.45) is 3.57. The van der Waals surface area contributed by atoms with Gasteiger partial charge in [-0.1, -0.05) is 30.3 Å². The zero-order valence-corrected chi connectivity index (χ0v) is 14.6. The van der Waals surface area contributed by atoms with Crippen LogP contribution in [0.2, 0.25) is 0 Å². The first-order chi connectivity index (χ1) is 13.2. The molecule has 4 heterocycles. The summed E-state index contributed by atoms with van der Waals surface area (Å²) in [5.41, 5.74) is 2.81. The third-order valence-corrected chi connectivity index (χ3v) is 4.43. The van der Waals surface area contributed by atoms with Crippen molar-refractivity contribution in [2.75, 3.05) is 6.54 Å². The van der Waals surface area contributed by atoms with Gasteiger partial charge in [0.1, 0.15) is 17.1 Å². The molecule has 0 aliphatic carbocycles. The van der Waals surface area contributed by atoms with Gasteiger partial charge in [-0.25, -0.2) is 9.67 Å². The van der Waals surface area contributed by atoms with Crippen LogP contribution < -0.4 is 5.32 Å². The van der Waals surface area contributed by atoms with Gasteiger partial charge in [0.05, 0.1) is 18.9 Å². The molecule has 0 radical (unpaired) electrons. The molecule has 0 saturated heterocycles. The van der Waals surface area contributed by atoms with Crippen molar-refractivity contribution in [3.8, 4) is 28.6 Å². The normalized spacial score (nSPS) is 13.4. The van der Waals surface area contributed by atoms with E-state index in [4.69, 9.17) is 4.98 Å². The van der Waals surface area contributed by atoms with E-state index in [0.717, 1.165) is 11.3 Å². The van der Waals surface area contributed by atoms with E-state index in [0.29, 0.717) is 36.1 Å². The first-order valence-corrected chi connectivity index (χ1v) is 8.57. The van der Waals surface area contributed by atoms with Crippen molar-refractivity contribution in [1.29, 1.82) is 0 Å². The van der Waals surface area contributed by atoms with Crippen molar-refractivity contribution in [3.05, 3.63) is 54.5 Å². The number of fused-ring (bicyclic) bond motifs is 1. The molecule has 1 N–H and O–H groups in total. The molecule has 1 aliphatic heterocycles. The zero-order valence-electron chi connectivity index (χ0n) is 14.6. The van der Waals surface area contributed by atoms with Crippen LogP contribution in [0.4, 0.5) is 0 Å². The molecule has 0 saturated carbocycles. The van der Waals surface area contributed by atoms with E-state index in [2.05, 4.69) is 20.6 Å². The van der Waals surface area contributed by atoms with Gasteiger partial charge in [-0.2, -0.15) is 10.2 Å². The second-order valence-electron chi connectivity index (χ2n) is 6.30. The highest BCUT2D eigenvalue weighted by Gasteiger charge is 2.24. The van der Waals surface area contributed by atoms with Crippen LogP contribution in [-0.4, -0.2) is 46.8 Å². The summed E-state index contributed by atoms with van der Waals surface area (Å²) in [4.78, 5) is 16.8. The molecular weight excluding hydrogens is 344 g/mol. The highest BCUT2D eigenvalue weighted by atomic mass is 16.2.